The molecule has 1 saturated carbocycles. The molecule has 90 valence electrons. The van der Waals surface area contributed by atoms with Crippen molar-refractivity contribution >= 4 is 5.78 Å². The van der Waals surface area contributed by atoms with Crippen molar-refractivity contribution in [1.82, 2.24) is 0 Å². The molecule has 1 aromatic carbocycles. The first-order chi connectivity index (χ1) is 7.97. The van der Waals surface area contributed by atoms with Crippen LogP contribution in [-0.2, 0) is 10.2 Å². The minimum atomic E-state index is 0.112. The number of ether oxygens (including phenoxy) is 1. The lowest BCUT2D eigenvalue weighted by atomic mass is 9.67. The van der Waals surface area contributed by atoms with Gasteiger partial charge in [-0.15, -0.1) is 0 Å². The van der Waals surface area contributed by atoms with Gasteiger partial charge in [0.1, 0.15) is 11.5 Å². The molecule has 1 heterocycles. The van der Waals surface area contributed by atoms with Crippen LogP contribution < -0.4 is 4.74 Å². The van der Waals surface area contributed by atoms with E-state index in [0.717, 1.165) is 11.3 Å². The predicted octanol–water partition coefficient (Wildman–Crippen LogP) is 3.05. The molecule has 2 aliphatic rings. The minimum absolute atomic E-state index is 0.112. The molecule has 2 nitrogen and oxygen atoms in total. The monoisotopic (exact) mass is 230 g/mol. The Bertz CT molecular complexity index is 482. The van der Waals surface area contributed by atoms with E-state index in [0.29, 0.717) is 24.7 Å². The molecule has 0 aromatic heterocycles. The van der Waals surface area contributed by atoms with Crippen LogP contribution in [0, 0.1) is 5.92 Å². The molecule has 17 heavy (non-hydrogen) atoms. The van der Waals surface area contributed by atoms with Gasteiger partial charge in [-0.3, -0.25) is 4.79 Å². The van der Waals surface area contributed by atoms with Crippen molar-refractivity contribution in [3.63, 3.8) is 0 Å². The summed E-state index contributed by atoms with van der Waals surface area (Å²) in [5, 5.41) is 0. The van der Waals surface area contributed by atoms with Gasteiger partial charge in [0.15, 0.2) is 0 Å². The molecular weight excluding hydrogens is 212 g/mol. The van der Waals surface area contributed by atoms with Crippen LogP contribution >= 0.6 is 0 Å². The summed E-state index contributed by atoms with van der Waals surface area (Å²) >= 11 is 0. The van der Waals surface area contributed by atoms with Gasteiger partial charge < -0.3 is 4.74 Å². The Balaban J connectivity index is 2.07. The van der Waals surface area contributed by atoms with E-state index >= 15 is 0 Å². The number of hydrogen-bond acceptors (Lipinski definition) is 2. The molecule has 3 rings (SSSR count). The van der Waals surface area contributed by atoms with Gasteiger partial charge in [-0.2, -0.15) is 0 Å². The van der Waals surface area contributed by atoms with Crippen LogP contribution in [0.15, 0.2) is 18.2 Å². The molecule has 0 spiro atoms. The Labute approximate surface area is 102 Å². The Morgan fingerprint density at radius 2 is 2.06 bits per heavy atom. The number of carbonyl (C=O) groups is 1. The number of ketones is 1. The third kappa shape index (κ3) is 1.58. The number of fused-ring (bicyclic) bond motifs is 3. The Hall–Kier alpha value is -1.31. The van der Waals surface area contributed by atoms with E-state index in [1.165, 1.54) is 5.56 Å². The average molecular weight is 230 g/mol. The highest BCUT2D eigenvalue weighted by Crippen LogP contribution is 2.47. The van der Waals surface area contributed by atoms with Crippen molar-refractivity contribution in [2.75, 3.05) is 6.61 Å². The van der Waals surface area contributed by atoms with Gasteiger partial charge in [-0.1, -0.05) is 32.9 Å². The summed E-state index contributed by atoms with van der Waals surface area (Å²) in [5.74, 6) is 1.82. The van der Waals surface area contributed by atoms with Crippen molar-refractivity contribution in [1.29, 1.82) is 0 Å². The van der Waals surface area contributed by atoms with Crippen molar-refractivity contribution < 1.29 is 9.53 Å². The molecular formula is C15H18O2. The predicted molar refractivity (Wildman–Crippen MR) is 66.5 cm³/mol. The number of hydrogen-bond donors (Lipinski definition) is 0. The summed E-state index contributed by atoms with van der Waals surface area (Å²) in [6, 6.07) is 6.31. The van der Waals surface area contributed by atoms with E-state index in [9.17, 15) is 4.79 Å². The fraction of sp³-hybridized carbons (Fsp3) is 0.533. The Morgan fingerprint density at radius 3 is 2.71 bits per heavy atom. The van der Waals surface area contributed by atoms with Crippen LogP contribution in [0.25, 0.3) is 0 Å². The van der Waals surface area contributed by atoms with E-state index in [-0.39, 0.29) is 11.3 Å². The van der Waals surface area contributed by atoms with Crippen LogP contribution in [0.4, 0.5) is 0 Å². The first-order valence-corrected chi connectivity index (χ1v) is 6.27. The molecule has 0 amide bonds. The van der Waals surface area contributed by atoms with Crippen LogP contribution in [-0.4, -0.2) is 12.4 Å². The van der Waals surface area contributed by atoms with E-state index < -0.39 is 0 Å². The summed E-state index contributed by atoms with van der Waals surface area (Å²) in [7, 11) is 0. The van der Waals surface area contributed by atoms with Crippen molar-refractivity contribution in [2.24, 2.45) is 5.92 Å². The average Bonchev–Trinajstić information content (AvgIpc) is 2.24. The molecule has 2 heteroatoms. The topological polar surface area (TPSA) is 26.3 Å². The SMILES string of the molecule is CC(C)(C)c1ccc2c(c1)[C@H]1C(=O)C[C@H]1CO2. The molecule has 1 aliphatic heterocycles. The normalized spacial score (nSPS) is 26.6. The summed E-state index contributed by atoms with van der Waals surface area (Å²) in [4.78, 5) is 11.7. The molecule has 0 bridgehead atoms. The van der Waals surface area contributed by atoms with Crippen LogP contribution in [0.3, 0.4) is 0 Å². The van der Waals surface area contributed by atoms with Gasteiger partial charge in [0, 0.05) is 17.9 Å². The number of carbonyl (C=O) groups excluding carboxylic acids is 1. The second-order valence-electron chi connectivity index (χ2n) is 6.22. The molecule has 2 atom stereocenters. The maximum Gasteiger partial charge on any atom is 0.141 e. The molecule has 1 fully saturated rings. The minimum Gasteiger partial charge on any atom is -0.493 e. The fourth-order valence-electron chi connectivity index (χ4n) is 2.77. The van der Waals surface area contributed by atoms with Gasteiger partial charge in [0.05, 0.1) is 12.5 Å². The highest BCUT2D eigenvalue weighted by atomic mass is 16.5. The van der Waals surface area contributed by atoms with Crippen LogP contribution in [0.2, 0.25) is 0 Å². The molecule has 1 aliphatic carbocycles. The molecule has 0 saturated heterocycles. The lowest BCUT2D eigenvalue weighted by Gasteiger charge is -2.40. The van der Waals surface area contributed by atoms with E-state index in [1.807, 2.05) is 6.07 Å². The number of rotatable bonds is 0. The third-order valence-electron chi connectivity index (χ3n) is 3.95. The summed E-state index contributed by atoms with van der Waals surface area (Å²) < 4.78 is 5.72. The molecule has 0 N–H and O–H groups in total. The first-order valence-electron chi connectivity index (χ1n) is 6.27. The maximum absolute atomic E-state index is 11.7. The largest absolute Gasteiger partial charge is 0.493 e. The van der Waals surface area contributed by atoms with Crippen molar-refractivity contribution in [2.45, 2.75) is 38.5 Å². The molecule has 1 aromatic rings. The van der Waals surface area contributed by atoms with E-state index in [2.05, 4.69) is 32.9 Å². The van der Waals surface area contributed by atoms with E-state index in [4.69, 9.17) is 4.74 Å². The van der Waals surface area contributed by atoms with Gasteiger partial charge in [0.2, 0.25) is 0 Å². The summed E-state index contributed by atoms with van der Waals surface area (Å²) in [6.07, 6.45) is 0.698. The van der Waals surface area contributed by atoms with Crippen molar-refractivity contribution in [3.05, 3.63) is 29.3 Å². The molecule has 0 unspecified atom stereocenters. The highest BCUT2D eigenvalue weighted by Gasteiger charge is 2.45. The van der Waals surface area contributed by atoms with Crippen molar-refractivity contribution in [3.8, 4) is 5.75 Å². The smallest absolute Gasteiger partial charge is 0.141 e. The number of benzene rings is 1. The van der Waals surface area contributed by atoms with Gasteiger partial charge in [0.25, 0.3) is 0 Å². The van der Waals surface area contributed by atoms with E-state index in [1.54, 1.807) is 0 Å². The zero-order valence-corrected chi connectivity index (χ0v) is 10.6. The zero-order chi connectivity index (χ0) is 12.2. The first kappa shape index (κ1) is 10.8. The standard InChI is InChI=1S/C15H18O2/c1-15(2,3)10-4-5-13-11(7-10)14-9(8-17-13)6-12(14)16/h4-5,7,9,14H,6,8H2,1-3H3/t9-,14-/m0/s1. The second kappa shape index (κ2) is 3.34. The zero-order valence-electron chi connectivity index (χ0n) is 10.6. The van der Waals surface area contributed by atoms with Gasteiger partial charge in [-0.05, 0) is 17.0 Å². The second-order valence-corrected chi connectivity index (χ2v) is 6.22. The van der Waals surface area contributed by atoms with Gasteiger partial charge >= 0.3 is 0 Å². The van der Waals surface area contributed by atoms with Crippen LogP contribution in [0.5, 0.6) is 5.75 Å². The molecule has 0 radical (unpaired) electrons. The Kier molecular flexibility index (Phi) is 2.13. The maximum atomic E-state index is 11.7. The summed E-state index contributed by atoms with van der Waals surface area (Å²) in [6.45, 7) is 7.29. The fourth-order valence-corrected chi connectivity index (χ4v) is 2.77. The van der Waals surface area contributed by atoms with Crippen LogP contribution in [0.1, 0.15) is 44.2 Å². The number of Topliss-reactive ketones (excluding diaryl/α,β-unsaturated/α-hetero) is 1. The summed E-state index contributed by atoms with van der Waals surface area (Å²) in [5.41, 5.74) is 2.51. The lowest BCUT2D eigenvalue weighted by Crippen LogP contribution is -2.41. The third-order valence-corrected chi connectivity index (χ3v) is 3.95. The highest BCUT2D eigenvalue weighted by molar-refractivity contribution is 5.93. The lowest BCUT2D eigenvalue weighted by molar-refractivity contribution is -0.131. The van der Waals surface area contributed by atoms with Gasteiger partial charge in [-0.25, -0.2) is 0 Å². The Morgan fingerprint density at radius 1 is 1.29 bits per heavy atom. The quantitative estimate of drug-likeness (QED) is 0.684.